The molecule has 0 atom stereocenters. The molecule has 292 valence electrons. The lowest BCUT2D eigenvalue weighted by Crippen LogP contribution is -2.40. The molecule has 0 radical (unpaired) electrons. The molecule has 0 fully saturated rings. The summed E-state index contributed by atoms with van der Waals surface area (Å²) in [6.07, 6.45) is 0. The van der Waals surface area contributed by atoms with Gasteiger partial charge in [0, 0.05) is 27.8 Å². The zero-order valence-electron chi connectivity index (χ0n) is 35.8. The van der Waals surface area contributed by atoms with Gasteiger partial charge in [-0.15, -0.1) is 0 Å². The summed E-state index contributed by atoms with van der Waals surface area (Å²) in [6, 6.07) is 69.1. The van der Waals surface area contributed by atoms with E-state index in [2.05, 4.69) is 235 Å². The zero-order valence-corrected chi connectivity index (χ0v) is 35.8. The van der Waals surface area contributed by atoms with Crippen molar-refractivity contribution in [3.05, 3.63) is 232 Å². The van der Waals surface area contributed by atoms with Crippen LogP contribution < -0.4 is 4.90 Å². The summed E-state index contributed by atoms with van der Waals surface area (Å²) < 4.78 is 0. The number of anilines is 3. The average molecular weight is 774 g/mol. The lowest BCUT2D eigenvalue weighted by Gasteiger charge is -2.47. The minimum absolute atomic E-state index is 0.0603. The molecule has 8 aromatic rings. The van der Waals surface area contributed by atoms with Crippen molar-refractivity contribution < 1.29 is 0 Å². The van der Waals surface area contributed by atoms with E-state index in [-0.39, 0.29) is 16.2 Å². The van der Waals surface area contributed by atoms with Gasteiger partial charge in [-0.05, 0) is 114 Å². The minimum Gasteiger partial charge on any atom is -0.310 e. The van der Waals surface area contributed by atoms with Gasteiger partial charge in [-0.2, -0.15) is 0 Å². The Balaban J connectivity index is 1.24. The van der Waals surface area contributed by atoms with Crippen LogP contribution in [-0.2, 0) is 21.7 Å². The van der Waals surface area contributed by atoms with Crippen molar-refractivity contribution in [1.29, 1.82) is 0 Å². The van der Waals surface area contributed by atoms with E-state index >= 15 is 0 Å². The summed E-state index contributed by atoms with van der Waals surface area (Å²) in [5.41, 5.74) is 22.7. The first kappa shape index (κ1) is 36.6. The number of benzene rings is 8. The number of rotatable bonds is 4. The van der Waals surface area contributed by atoms with Crippen LogP contribution in [0.15, 0.2) is 182 Å². The van der Waals surface area contributed by atoms with Gasteiger partial charge in [-0.1, -0.05) is 200 Å². The van der Waals surface area contributed by atoms with E-state index in [0.717, 1.165) is 17.1 Å². The second-order valence-electron chi connectivity index (χ2n) is 19.3. The number of hydrogen-bond donors (Lipinski definition) is 0. The van der Waals surface area contributed by atoms with Gasteiger partial charge in [0.05, 0.1) is 11.1 Å². The summed E-state index contributed by atoms with van der Waals surface area (Å²) in [7, 11) is 0. The second kappa shape index (κ2) is 12.8. The highest BCUT2D eigenvalue weighted by Gasteiger charge is 2.54. The van der Waals surface area contributed by atoms with Crippen molar-refractivity contribution in [3.63, 3.8) is 0 Å². The fourth-order valence-electron chi connectivity index (χ4n) is 11.5. The molecular weight excluding hydrogens is 723 g/mol. The van der Waals surface area contributed by atoms with E-state index in [1.165, 1.54) is 83.5 Å². The maximum absolute atomic E-state index is 2.56. The van der Waals surface area contributed by atoms with Crippen LogP contribution in [0.25, 0.3) is 33.4 Å². The molecule has 0 amide bonds. The molecule has 1 nitrogen and oxygen atoms in total. The first-order chi connectivity index (χ1) is 28.9. The topological polar surface area (TPSA) is 3.24 Å². The molecule has 1 spiro atoms. The predicted molar refractivity (Wildman–Crippen MR) is 252 cm³/mol. The van der Waals surface area contributed by atoms with Crippen LogP contribution >= 0.6 is 0 Å². The van der Waals surface area contributed by atoms with Gasteiger partial charge in [0.25, 0.3) is 0 Å². The van der Waals surface area contributed by atoms with Crippen LogP contribution in [0, 0.1) is 0 Å². The molecule has 8 aromatic carbocycles. The molecule has 0 N–H and O–H groups in total. The molecule has 0 unspecified atom stereocenters. The number of fused-ring (bicyclic) bond motifs is 12. The normalized spacial score (nSPS) is 15.7. The Labute approximate surface area is 356 Å². The highest BCUT2D eigenvalue weighted by atomic mass is 15.1. The van der Waals surface area contributed by atoms with Gasteiger partial charge < -0.3 is 4.90 Å². The third kappa shape index (κ3) is 4.93. The Morgan fingerprint density at radius 3 is 1.50 bits per heavy atom. The van der Waals surface area contributed by atoms with Gasteiger partial charge in [0.1, 0.15) is 0 Å². The Morgan fingerprint density at radius 2 is 0.850 bits per heavy atom. The summed E-state index contributed by atoms with van der Waals surface area (Å²) in [6.45, 7) is 16.7. The van der Waals surface area contributed by atoms with Crippen molar-refractivity contribution in [1.82, 2.24) is 0 Å². The number of hydrogen-bond acceptors (Lipinski definition) is 1. The van der Waals surface area contributed by atoms with Crippen LogP contribution in [0.1, 0.15) is 98.5 Å². The van der Waals surface area contributed by atoms with E-state index in [1.807, 2.05) is 0 Å². The minimum atomic E-state index is -0.517. The lowest BCUT2D eigenvalue weighted by molar-refractivity contribution is 0.561. The fourth-order valence-corrected chi connectivity index (χ4v) is 11.5. The molecule has 0 aromatic heterocycles. The van der Waals surface area contributed by atoms with Crippen molar-refractivity contribution >= 4 is 17.1 Å². The predicted octanol–water partition coefficient (Wildman–Crippen LogP) is 15.4. The molecule has 0 saturated carbocycles. The summed E-state index contributed by atoms with van der Waals surface area (Å²) in [4.78, 5) is 2.54. The van der Waals surface area contributed by atoms with Crippen LogP contribution in [0.3, 0.4) is 0 Å². The third-order valence-corrected chi connectivity index (χ3v) is 14.3. The van der Waals surface area contributed by atoms with Crippen LogP contribution in [0.2, 0.25) is 0 Å². The van der Waals surface area contributed by atoms with Gasteiger partial charge >= 0.3 is 0 Å². The summed E-state index contributed by atoms with van der Waals surface area (Å²) in [5, 5.41) is 0. The monoisotopic (exact) mass is 773 g/mol. The Kier molecular flexibility index (Phi) is 7.80. The number of nitrogens with zero attached hydrogens (tertiary/aromatic N) is 1. The van der Waals surface area contributed by atoms with E-state index in [4.69, 9.17) is 0 Å². The van der Waals surface area contributed by atoms with Crippen LogP contribution in [0.5, 0.6) is 0 Å². The molecule has 0 saturated heterocycles. The lowest BCUT2D eigenvalue weighted by atomic mass is 9.55. The quantitative estimate of drug-likeness (QED) is 0.172. The largest absolute Gasteiger partial charge is 0.310 e. The molecule has 0 aliphatic heterocycles. The summed E-state index contributed by atoms with van der Waals surface area (Å²) in [5.74, 6) is 0. The third-order valence-electron chi connectivity index (χ3n) is 14.3. The maximum atomic E-state index is 2.56. The Bertz CT molecular complexity index is 2980. The second-order valence-corrected chi connectivity index (χ2v) is 19.3. The molecule has 0 heterocycles. The van der Waals surface area contributed by atoms with Gasteiger partial charge in [0.15, 0.2) is 0 Å². The highest BCUT2D eigenvalue weighted by molar-refractivity contribution is 5.95. The van der Waals surface area contributed by atoms with Crippen molar-refractivity contribution in [2.75, 3.05) is 4.90 Å². The molecule has 0 bridgehead atoms. The van der Waals surface area contributed by atoms with Gasteiger partial charge in [-0.3, -0.25) is 0 Å². The van der Waals surface area contributed by atoms with Gasteiger partial charge in [0.2, 0.25) is 0 Å². The SMILES string of the molecule is CC(C)(C)c1cccc2c1-c1ccc(N(c3ccc4c(c3)C(C)(C)c3ccccc3-4)c3ccccc3-c3ccccc3)cc1C21c2ccccc2C(C)(C)c2ccccc21. The molecule has 1 heteroatoms. The van der Waals surface area contributed by atoms with Crippen LogP contribution in [0.4, 0.5) is 17.1 Å². The molecule has 3 aliphatic carbocycles. The van der Waals surface area contributed by atoms with E-state index < -0.39 is 5.41 Å². The average Bonchev–Trinajstić information content (AvgIpc) is 3.68. The van der Waals surface area contributed by atoms with Crippen LogP contribution in [-0.4, -0.2) is 0 Å². The molecular formula is C59H51N. The fraction of sp³-hybridized carbons (Fsp3) is 0.186. The van der Waals surface area contributed by atoms with Gasteiger partial charge in [-0.25, -0.2) is 0 Å². The first-order valence-electron chi connectivity index (χ1n) is 21.6. The standard InChI is InChI=1S/C59H51N/c1-56(2,3)50-29-19-30-51-55(50)44-35-33-40(37-53(44)59(51)48-27-16-14-25-46(48)58(6,7)47-26-15-17-28-49(47)59)60(54-31-18-12-22-41(54)38-20-9-8-10-21-38)39-32-34-43-42-23-11-13-24-45(42)57(4,5)52(43)36-39/h8-37H,1-7H3. The van der Waals surface area contributed by atoms with Crippen molar-refractivity contribution in [2.24, 2.45) is 0 Å². The zero-order chi connectivity index (χ0) is 41.2. The number of para-hydroxylation sites is 1. The van der Waals surface area contributed by atoms with Crippen molar-refractivity contribution in [2.45, 2.75) is 70.1 Å². The van der Waals surface area contributed by atoms with Crippen molar-refractivity contribution in [3.8, 4) is 33.4 Å². The molecule has 11 rings (SSSR count). The summed E-state index contributed by atoms with van der Waals surface area (Å²) >= 11 is 0. The van der Waals surface area contributed by atoms with E-state index in [1.54, 1.807) is 0 Å². The highest BCUT2D eigenvalue weighted by Crippen LogP contribution is 2.64. The maximum Gasteiger partial charge on any atom is 0.0720 e. The molecule has 3 aliphatic rings. The van der Waals surface area contributed by atoms with E-state index in [9.17, 15) is 0 Å². The Morgan fingerprint density at radius 1 is 0.367 bits per heavy atom. The molecule has 60 heavy (non-hydrogen) atoms. The Hall–Kier alpha value is -6.44. The first-order valence-corrected chi connectivity index (χ1v) is 21.6. The van der Waals surface area contributed by atoms with E-state index in [0.29, 0.717) is 0 Å². The smallest absolute Gasteiger partial charge is 0.0720 e.